The Labute approximate surface area is 78.5 Å². The Balaban J connectivity index is 2.73. The van der Waals surface area contributed by atoms with Gasteiger partial charge in [0.15, 0.2) is 0 Å². The summed E-state index contributed by atoms with van der Waals surface area (Å²) in [5.41, 5.74) is -0.104. The van der Waals surface area contributed by atoms with Crippen molar-refractivity contribution in [2.24, 2.45) is 0 Å². The summed E-state index contributed by atoms with van der Waals surface area (Å²) in [6, 6.07) is -0.492. The maximum atomic E-state index is 10.9. The second-order valence-corrected chi connectivity index (χ2v) is 4.29. The van der Waals surface area contributed by atoms with Gasteiger partial charge in [0.2, 0.25) is 0 Å². The molecule has 4 heteroatoms. The van der Waals surface area contributed by atoms with Gasteiger partial charge in [-0.25, -0.2) is 0 Å². The first kappa shape index (κ1) is 10.5. The summed E-state index contributed by atoms with van der Waals surface area (Å²) in [6.45, 7) is 7.69. The van der Waals surface area contributed by atoms with E-state index in [9.17, 15) is 4.79 Å². The number of aliphatic carboxylic acids is 1. The molecule has 1 saturated heterocycles. The highest BCUT2D eigenvalue weighted by Gasteiger charge is 2.35. The van der Waals surface area contributed by atoms with Gasteiger partial charge in [0.25, 0.3) is 0 Å². The third-order valence-corrected chi connectivity index (χ3v) is 2.28. The third kappa shape index (κ3) is 2.42. The van der Waals surface area contributed by atoms with Crippen LogP contribution in [0.25, 0.3) is 0 Å². The Morgan fingerprint density at radius 2 is 2.15 bits per heavy atom. The lowest BCUT2D eigenvalue weighted by atomic mass is 10.0. The number of carbonyl (C=O) groups is 1. The maximum absolute atomic E-state index is 10.9. The first-order valence-electron chi connectivity index (χ1n) is 4.50. The molecule has 1 heterocycles. The van der Waals surface area contributed by atoms with Crippen molar-refractivity contribution in [1.82, 2.24) is 4.90 Å². The van der Waals surface area contributed by atoms with Crippen molar-refractivity contribution in [2.75, 3.05) is 19.8 Å². The number of ether oxygens (including phenoxy) is 1. The molecule has 4 nitrogen and oxygen atoms in total. The SMILES string of the molecule is CC(C)(C)N1CCOCC1C(=O)O. The molecular weight excluding hydrogens is 170 g/mol. The van der Waals surface area contributed by atoms with Crippen LogP contribution in [-0.4, -0.2) is 47.3 Å². The molecule has 0 radical (unpaired) electrons. The molecule has 76 valence electrons. The van der Waals surface area contributed by atoms with Crippen LogP contribution in [-0.2, 0) is 9.53 Å². The van der Waals surface area contributed by atoms with Crippen LogP contribution in [0.5, 0.6) is 0 Å². The lowest BCUT2D eigenvalue weighted by Gasteiger charge is -2.42. The van der Waals surface area contributed by atoms with E-state index < -0.39 is 12.0 Å². The zero-order valence-corrected chi connectivity index (χ0v) is 8.41. The van der Waals surface area contributed by atoms with Crippen LogP contribution in [0.15, 0.2) is 0 Å². The molecule has 1 rings (SSSR count). The van der Waals surface area contributed by atoms with Gasteiger partial charge in [-0.3, -0.25) is 9.69 Å². The van der Waals surface area contributed by atoms with E-state index in [-0.39, 0.29) is 5.54 Å². The third-order valence-electron chi connectivity index (χ3n) is 2.28. The molecule has 1 fully saturated rings. The van der Waals surface area contributed by atoms with E-state index in [0.29, 0.717) is 19.8 Å². The summed E-state index contributed by atoms with van der Waals surface area (Å²) in [4.78, 5) is 12.9. The molecule has 0 aromatic carbocycles. The monoisotopic (exact) mass is 187 g/mol. The predicted octanol–water partition coefficient (Wildman–Crippen LogP) is 0.570. The highest BCUT2D eigenvalue weighted by molar-refractivity contribution is 5.73. The van der Waals surface area contributed by atoms with E-state index in [2.05, 4.69) is 0 Å². The fourth-order valence-electron chi connectivity index (χ4n) is 1.61. The molecular formula is C9H17NO3. The van der Waals surface area contributed by atoms with Crippen LogP contribution in [0.4, 0.5) is 0 Å². The number of hydrogen-bond acceptors (Lipinski definition) is 3. The zero-order chi connectivity index (χ0) is 10.1. The van der Waals surface area contributed by atoms with Crippen LogP contribution in [0.3, 0.4) is 0 Å². The standard InChI is InChI=1S/C9H17NO3/c1-9(2,3)10-4-5-13-6-7(10)8(11)12/h7H,4-6H2,1-3H3,(H,11,12). The van der Waals surface area contributed by atoms with E-state index in [4.69, 9.17) is 9.84 Å². The second kappa shape index (κ2) is 3.64. The summed E-state index contributed by atoms with van der Waals surface area (Å²) < 4.78 is 5.15. The maximum Gasteiger partial charge on any atom is 0.323 e. The minimum Gasteiger partial charge on any atom is -0.480 e. The Bertz CT molecular complexity index is 198. The predicted molar refractivity (Wildman–Crippen MR) is 48.7 cm³/mol. The molecule has 1 aliphatic rings. The van der Waals surface area contributed by atoms with Gasteiger partial charge in [-0.15, -0.1) is 0 Å². The van der Waals surface area contributed by atoms with E-state index in [1.165, 1.54) is 0 Å². The van der Waals surface area contributed by atoms with Gasteiger partial charge >= 0.3 is 5.97 Å². The average molecular weight is 187 g/mol. The topological polar surface area (TPSA) is 49.8 Å². The molecule has 1 aliphatic heterocycles. The van der Waals surface area contributed by atoms with Crippen molar-refractivity contribution in [3.63, 3.8) is 0 Å². The lowest BCUT2D eigenvalue weighted by molar-refractivity contribution is -0.154. The molecule has 0 aromatic heterocycles. The van der Waals surface area contributed by atoms with Gasteiger partial charge in [-0.2, -0.15) is 0 Å². The summed E-state index contributed by atoms with van der Waals surface area (Å²) in [7, 11) is 0. The molecule has 0 aromatic rings. The molecule has 0 spiro atoms. The van der Waals surface area contributed by atoms with Crippen molar-refractivity contribution < 1.29 is 14.6 Å². The van der Waals surface area contributed by atoms with Gasteiger partial charge in [0.1, 0.15) is 6.04 Å². The summed E-state index contributed by atoms with van der Waals surface area (Å²) in [5.74, 6) is -0.797. The minimum atomic E-state index is -0.797. The van der Waals surface area contributed by atoms with Crippen molar-refractivity contribution in [3.05, 3.63) is 0 Å². The molecule has 0 bridgehead atoms. The molecule has 1 N–H and O–H groups in total. The highest BCUT2D eigenvalue weighted by Crippen LogP contribution is 2.19. The van der Waals surface area contributed by atoms with Crippen LogP contribution >= 0.6 is 0 Å². The molecule has 0 saturated carbocycles. The smallest absolute Gasteiger partial charge is 0.323 e. The fraction of sp³-hybridized carbons (Fsp3) is 0.889. The Morgan fingerprint density at radius 3 is 2.54 bits per heavy atom. The van der Waals surface area contributed by atoms with E-state index in [1.54, 1.807) is 0 Å². The summed E-state index contributed by atoms with van der Waals surface area (Å²) in [5, 5.41) is 8.95. The Morgan fingerprint density at radius 1 is 1.54 bits per heavy atom. The van der Waals surface area contributed by atoms with Crippen LogP contribution < -0.4 is 0 Å². The number of nitrogens with zero attached hydrogens (tertiary/aromatic N) is 1. The summed E-state index contributed by atoms with van der Waals surface area (Å²) in [6.07, 6.45) is 0. The molecule has 0 aliphatic carbocycles. The van der Waals surface area contributed by atoms with Gasteiger partial charge in [-0.1, -0.05) is 0 Å². The molecule has 1 unspecified atom stereocenters. The number of hydrogen-bond donors (Lipinski definition) is 1. The first-order valence-corrected chi connectivity index (χ1v) is 4.50. The fourth-order valence-corrected chi connectivity index (χ4v) is 1.61. The second-order valence-electron chi connectivity index (χ2n) is 4.29. The van der Waals surface area contributed by atoms with Gasteiger partial charge in [0.05, 0.1) is 13.2 Å². The summed E-state index contributed by atoms with van der Waals surface area (Å²) >= 11 is 0. The quantitative estimate of drug-likeness (QED) is 0.652. The number of rotatable bonds is 1. The van der Waals surface area contributed by atoms with Crippen LogP contribution in [0.1, 0.15) is 20.8 Å². The normalized spacial score (nSPS) is 25.9. The van der Waals surface area contributed by atoms with E-state index in [0.717, 1.165) is 0 Å². The van der Waals surface area contributed by atoms with Crippen molar-refractivity contribution in [3.8, 4) is 0 Å². The Kier molecular flexibility index (Phi) is 2.93. The molecule has 0 amide bonds. The molecule has 1 atom stereocenters. The van der Waals surface area contributed by atoms with Crippen LogP contribution in [0.2, 0.25) is 0 Å². The van der Waals surface area contributed by atoms with E-state index in [1.807, 2.05) is 25.7 Å². The van der Waals surface area contributed by atoms with E-state index >= 15 is 0 Å². The number of carboxylic acids is 1. The van der Waals surface area contributed by atoms with Crippen molar-refractivity contribution in [1.29, 1.82) is 0 Å². The minimum absolute atomic E-state index is 0.104. The average Bonchev–Trinajstić information content (AvgIpc) is 2.03. The lowest BCUT2D eigenvalue weighted by Crippen LogP contribution is -2.57. The number of carboxylic acid groups (broad SMARTS) is 1. The largest absolute Gasteiger partial charge is 0.480 e. The highest BCUT2D eigenvalue weighted by atomic mass is 16.5. The number of morpholine rings is 1. The molecule has 13 heavy (non-hydrogen) atoms. The van der Waals surface area contributed by atoms with Crippen molar-refractivity contribution >= 4 is 5.97 Å². The Hall–Kier alpha value is -0.610. The van der Waals surface area contributed by atoms with Gasteiger partial charge < -0.3 is 9.84 Å². The van der Waals surface area contributed by atoms with Gasteiger partial charge in [-0.05, 0) is 20.8 Å². The van der Waals surface area contributed by atoms with Gasteiger partial charge in [0, 0.05) is 12.1 Å². The van der Waals surface area contributed by atoms with Crippen LogP contribution in [0, 0.1) is 0 Å². The van der Waals surface area contributed by atoms with Crippen molar-refractivity contribution in [2.45, 2.75) is 32.4 Å². The zero-order valence-electron chi connectivity index (χ0n) is 8.41. The first-order chi connectivity index (χ1) is 5.93.